The lowest BCUT2D eigenvalue weighted by Gasteiger charge is -2.16. The second kappa shape index (κ2) is 7.94. The Labute approximate surface area is 150 Å². The number of rotatable bonds is 5. The van der Waals surface area contributed by atoms with Gasteiger partial charge >= 0.3 is 0 Å². The molecule has 0 aromatic heterocycles. The highest BCUT2D eigenvalue weighted by Crippen LogP contribution is 2.36. The standard InChI is InChI=1S/C16H18ClN3O3S/c1-21-13-8-15(23-3)12(7-10(13)17)20-16(24)19-9-4-5-11(18)14(6-9)22-2/h4-8H,18H2,1-3H3,(H2,19,20,24). The summed E-state index contributed by atoms with van der Waals surface area (Å²) in [6, 6.07) is 8.64. The molecule has 0 aliphatic carbocycles. The first-order valence-corrected chi connectivity index (χ1v) is 7.70. The van der Waals surface area contributed by atoms with E-state index in [1.165, 1.54) is 7.11 Å². The highest BCUT2D eigenvalue weighted by atomic mass is 35.5. The number of nitrogens with two attached hydrogens (primary N) is 1. The third kappa shape index (κ3) is 4.12. The molecular weight excluding hydrogens is 350 g/mol. The summed E-state index contributed by atoms with van der Waals surface area (Å²) in [6.07, 6.45) is 0. The molecule has 0 unspecified atom stereocenters. The first kappa shape index (κ1) is 18.0. The van der Waals surface area contributed by atoms with Crippen molar-refractivity contribution in [2.75, 3.05) is 37.7 Å². The van der Waals surface area contributed by atoms with Crippen molar-refractivity contribution in [1.82, 2.24) is 0 Å². The summed E-state index contributed by atoms with van der Waals surface area (Å²) >= 11 is 11.5. The smallest absolute Gasteiger partial charge is 0.175 e. The quantitative estimate of drug-likeness (QED) is 0.548. The number of halogens is 1. The average Bonchev–Trinajstić information content (AvgIpc) is 2.56. The zero-order chi connectivity index (χ0) is 17.7. The van der Waals surface area contributed by atoms with Crippen LogP contribution < -0.4 is 30.6 Å². The van der Waals surface area contributed by atoms with Crippen LogP contribution in [0.4, 0.5) is 17.1 Å². The molecule has 0 saturated heterocycles. The van der Waals surface area contributed by atoms with Crippen LogP contribution in [0.5, 0.6) is 17.2 Å². The molecule has 2 aromatic rings. The molecule has 24 heavy (non-hydrogen) atoms. The number of hydrogen-bond donors (Lipinski definition) is 3. The maximum absolute atomic E-state index is 6.14. The fraction of sp³-hybridized carbons (Fsp3) is 0.188. The van der Waals surface area contributed by atoms with E-state index in [4.69, 9.17) is 43.8 Å². The van der Waals surface area contributed by atoms with E-state index in [0.29, 0.717) is 38.8 Å². The Bertz CT molecular complexity index is 756. The van der Waals surface area contributed by atoms with E-state index >= 15 is 0 Å². The highest BCUT2D eigenvalue weighted by molar-refractivity contribution is 7.80. The predicted octanol–water partition coefficient (Wildman–Crippen LogP) is 3.76. The zero-order valence-electron chi connectivity index (χ0n) is 13.5. The molecule has 0 bridgehead atoms. The van der Waals surface area contributed by atoms with Gasteiger partial charge < -0.3 is 30.6 Å². The molecule has 6 nitrogen and oxygen atoms in total. The summed E-state index contributed by atoms with van der Waals surface area (Å²) < 4.78 is 15.7. The Kier molecular flexibility index (Phi) is 5.94. The summed E-state index contributed by atoms with van der Waals surface area (Å²) in [7, 11) is 4.64. The van der Waals surface area contributed by atoms with Crippen molar-refractivity contribution in [2.45, 2.75) is 0 Å². The van der Waals surface area contributed by atoms with E-state index in [2.05, 4.69) is 10.6 Å². The van der Waals surface area contributed by atoms with Gasteiger partial charge in [-0.3, -0.25) is 0 Å². The topological polar surface area (TPSA) is 77.8 Å². The summed E-state index contributed by atoms with van der Waals surface area (Å²) in [5, 5.41) is 6.89. The van der Waals surface area contributed by atoms with Gasteiger partial charge in [-0.1, -0.05) is 11.6 Å². The van der Waals surface area contributed by atoms with Crippen molar-refractivity contribution in [3.8, 4) is 17.2 Å². The highest BCUT2D eigenvalue weighted by Gasteiger charge is 2.11. The monoisotopic (exact) mass is 367 g/mol. The minimum Gasteiger partial charge on any atom is -0.495 e. The van der Waals surface area contributed by atoms with Crippen molar-refractivity contribution < 1.29 is 14.2 Å². The molecule has 4 N–H and O–H groups in total. The van der Waals surface area contributed by atoms with Crippen LogP contribution in [-0.4, -0.2) is 26.4 Å². The fourth-order valence-corrected chi connectivity index (χ4v) is 2.50. The van der Waals surface area contributed by atoms with Gasteiger partial charge in [-0.15, -0.1) is 0 Å². The molecule has 0 spiro atoms. The average molecular weight is 368 g/mol. The van der Waals surface area contributed by atoms with Crippen LogP contribution in [-0.2, 0) is 0 Å². The first-order valence-electron chi connectivity index (χ1n) is 6.91. The second-order valence-corrected chi connectivity index (χ2v) is 5.54. The number of anilines is 3. The lowest BCUT2D eigenvalue weighted by atomic mass is 10.2. The van der Waals surface area contributed by atoms with Gasteiger partial charge in [-0.2, -0.15) is 0 Å². The van der Waals surface area contributed by atoms with E-state index in [0.717, 1.165) is 5.69 Å². The van der Waals surface area contributed by atoms with E-state index in [1.807, 2.05) is 0 Å². The predicted molar refractivity (Wildman–Crippen MR) is 102 cm³/mol. The molecule has 128 valence electrons. The summed E-state index contributed by atoms with van der Waals surface area (Å²) in [4.78, 5) is 0. The van der Waals surface area contributed by atoms with Gasteiger partial charge in [-0.05, 0) is 30.4 Å². The lowest BCUT2D eigenvalue weighted by molar-refractivity contribution is 0.396. The van der Waals surface area contributed by atoms with Gasteiger partial charge in [0, 0.05) is 17.8 Å². The van der Waals surface area contributed by atoms with Crippen molar-refractivity contribution in [3.63, 3.8) is 0 Å². The minimum absolute atomic E-state index is 0.362. The van der Waals surface area contributed by atoms with E-state index in [1.54, 1.807) is 44.6 Å². The number of methoxy groups -OCH3 is 3. The van der Waals surface area contributed by atoms with Gasteiger partial charge in [-0.25, -0.2) is 0 Å². The van der Waals surface area contributed by atoms with E-state index in [-0.39, 0.29) is 0 Å². The molecule has 0 aliphatic rings. The van der Waals surface area contributed by atoms with Crippen molar-refractivity contribution >= 4 is 46.0 Å². The molecule has 2 rings (SSSR count). The van der Waals surface area contributed by atoms with E-state index < -0.39 is 0 Å². The van der Waals surface area contributed by atoms with Crippen LogP contribution in [0, 0.1) is 0 Å². The first-order chi connectivity index (χ1) is 11.5. The van der Waals surface area contributed by atoms with Crippen molar-refractivity contribution in [3.05, 3.63) is 35.4 Å². The maximum atomic E-state index is 6.14. The Balaban J connectivity index is 2.16. The normalized spacial score (nSPS) is 10.0. The van der Waals surface area contributed by atoms with Crippen molar-refractivity contribution in [2.24, 2.45) is 0 Å². The molecule has 0 saturated carbocycles. The van der Waals surface area contributed by atoms with Crippen LogP contribution in [0.3, 0.4) is 0 Å². The second-order valence-electron chi connectivity index (χ2n) is 4.72. The zero-order valence-corrected chi connectivity index (χ0v) is 15.0. The molecule has 0 fully saturated rings. The third-order valence-electron chi connectivity index (χ3n) is 3.21. The summed E-state index contributed by atoms with van der Waals surface area (Å²) in [5.41, 5.74) is 7.69. The number of nitrogen functional groups attached to an aromatic ring is 1. The molecule has 2 aromatic carbocycles. The maximum Gasteiger partial charge on any atom is 0.175 e. The Morgan fingerprint density at radius 2 is 1.62 bits per heavy atom. The SMILES string of the molecule is COc1cc(NC(=S)Nc2cc(Cl)c(OC)cc2OC)ccc1N. The molecular formula is C16H18ClN3O3S. The largest absolute Gasteiger partial charge is 0.495 e. The molecule has 0 atom stereocenters. The summed E-state index contributed by atoms with van der Waals surface area (Å²) in [5.74, 6) is 1.63. The van der Waals surface area contributed by atoms with Gasteiger partial charge in [0.15, 0.2) is 5.11 Å². The minimum atomic E-state index is 0.362. The van der Waals surface area contributed by atoms with E-state index in [9.17, 15) is 0 Å². The van der Waals surface area contributed by atoms with Crippen LogP contribution in [0.2, 0.25) is 5.02 Å². The van der Waals surface area contributed by atoms with Gasteiger partial charge in [0.05, 0.1) is 37.7 Å². The van der Waals surface area contributed by atoms with Crippen LogP contribution >= 0.6 is 23.8 Å². The third-order valence-corrected chi connectivity index (χ3v) is 3.71. The number of nitrogens with one attached hydrogen (secondary N) is 2. The lowest BCUT2D eigenvalue weighted by Crippen LogP contribution is -2.19. The number of benzene rings is 2. The number of hydrogen-bond acceptors (Lipinski definition) is 5. The Morgan fingerprint density at radius 1 is 0.958 bits per heavy atom. The van der Waals surface area contributed by atoms with Gasteiger partial charge in [0.2, 0.25) is 0 Å². The number of ether oxygens (including phenoxy) is 3. The molecule has 0 aliphatic heterocycles. The van der Waals surface area contributed by atoms with Crippen LogP contribution in [0.1, 0.15) is 0 Å². The van der Waals surface area contributed by atoms with Gasteiger partial charge in [0.1, 0.15) is 17.2 Å². The molecule has 0 amide bonds. The van der Waals surface area contributed by atoms with Crippen LogP contribution in [0.25, 0.3) is 0 Å². The molecule has 0 radical (unpaired) electrons. The van der Waals surface area contributed by atoms with Crippen LogP contribution in [0.15, 0.2) is 30.3 Å². The van der Waals surface area contributed by atoms with Gasteiger partial charge in [0.25, 0.3) is 0 Å². The summed E-state index contributed by atoms with van der Waals surface area (Å²) in [6.45, 7) is 0. The fourth-order valence-electron chi connectivity index (χ4n) is 2.03. The Hall–Kier alpha value is -2.38. The number of thiocarbonyl (C=S) groups is 1. The molecule has 0 heterocycles. The molecule has 8 heteroatoms. The Morgan fingerprint density at radius 3 is 2.25 bits per heavy atom. The van der Waals surface area contributed by atoms with Crippen molar-refractivity contribution in [1.29, 1.82) is 0 Å².